The molecule has 2 rings (SSSR count). The van der Waals surface area contributed by atoms with Crippen LogP contribution < -0.4 is 0 Å². The molecule has 1 N–H and O–H groups in total. The molecule has 0 fully saturated rings. The molecule has 2 nitrogen and oxygen atoms in total. The van der Waals surface area contributed by atoms with Gasteiger partial charge in [-0.05, 0) is 42.0 Å². The van der Waals surface area contributed by atoms with Gasteiger partial charge in [-0.15, -0.1) is 0 Å². The Hall–Kier alpha value is -1.52. The lowest BCUT2D eigenvalue weighted by Crippen LogP contribution is -2.02. The van der Waals surface area contributed by atoms with Gasteiger partial charge >= 0.3 is 0 Å². The molecule has 2 aromatic rings. The van der Waals surface area contributed by atoms with E-state index in [1.807, 2.05) is 24.3 Å². The summed E-state index contributed by atoms with van der Waals surface area (Å²) < 4.78 is 33.2. The normalized spacial score (nSPS) is 12.3. The first-order chi connectivity index (χ1) is 9.65. The van der Waals surface area contributed by atoms with Gasteiger partial charge in [-0.3, -0.25) is 0 Å². The zero-order chi connectivity index (χ0) is 14.4. The van der Waals surface area contributed by atoms with Gasteiger partial charge in [0, 0.05) is 0 Å². The average molecular weight is 292 g/mol. The van der Waals surface area contributed by atoms with Gasteiger partial charge in [0.1, 0.15) is 5.82 Å². The van der Waals surface area contributed by atoms with E-state index >= 15 is 0 Å². The van der Waals surface area contributed by atoms with Crippen molar-refractivity contribution in [3.63, 3.8) is 0 Å². The van der Waals surface area contributed by atoms with Crippen LogP contribution in [0.3, 0.4) is 0 Å². The molecule has 0 aliphatic carbocycles. The maximum atomic E-state index is 13.8. The Morgan fingerprint density at radius 2 is 1.65 bits per heavy atom. The van der Waals surface area contributed by atoms with Crippen molar-refractivity contribution in [3.05, 3.63) is 71.0 Å². The predicted octanol–water partition coefficient (Wildman–Crippen LogP) is 3.38. The number of benzene rings is 2. The van der Waals surface area contributed by atoms with Crippen LogP contribution in [0, 0.1) is 5.82 Å². The topological polar surface area (TPSA) is 37.3 Å². The molecule has 4 heteroatoms. The highest BCUT2D eigenvalue weighted by molar-refractivity contribution is 7.79. The molecule has 0 radical (unpaired) electrons. The van der Waals surface area contributed by atoms with E-state index in [0.717, 1.165) is 18.4 Å². The summed E-state index contributed by atoms with van der Waals surface area (Å²) in [7, 11) is 0. The highest BCUT2D eigenvalue weighted by atomic mass is 32.2. The largest absolute Gasteiger partial charge is 0.306 e. The summed E-state index contributed by atoms with van der Waals surface area (Å²) in [5.74, 6) is -0.221. The van der Waals surface area contributed by atoms with Gasteiger partial charge in [0.25, 0.3) is 0 Å². The van der Waals surface area contributed by atoms with E-state index < -0.39 is 11.1 Å². The monoisotopic (exact) mass is 292 g/mol. The minimum atomic E-state index is -1.87. The van der Waals surface area contributed by atoms with Crippen molar-refractivity contribution in [3.8, 4) is 0 Å². The summed E-state index contributed by atoms with van der Waals surface area (Å²) in [6.07, 6.45) is 1.95. The molecule has 0 amide bonds. The van der Waals surface area contributed by atoms with Crippen LogP contribution in [-0.4, -0.2) is 14.5 Å². The average Bonchev–Trinajstić information content (AvgIpc) is 2.45. The third kappa shape index (κ3) is 4.54. The molecular formula is C16H17FO2S. The number of rotatable bonds is 6. The van der Waals surface area contributed by atoms with Crippen LogP contribution in [0.1, 0.15) is 16.7 Å². The van der Waals surface area contributed by atoms with Gasteiger partial charge in [0.15, 0.2) is 11.1 Å². The fourth-order valence-corrected chi connectivity index (χ4v) is 2.47. The molecule has 0 heterocycles. The van der Waals surface area contributed by atoms with Crippen molar-refractivity contribution in [1.29, 1.82) is 0 Å². The number of hydrogen-bond acceptors (Lipinski definition) is 1. The third-order valence-electron chi connectivity index (χ3n) is 3.21. The van der Waals surface area contributed by atoms with Crippen LogP contribution in [-0.2, 0) is 30.3 Å². The maximum absolute atomic E-state index is 13.8. The highest BCUT2D eigenvalue weighted by Gasteiger charge is 2.05. The summed E-state index contributed by atoms with van der Waals surface area (Å²) in [6.45, 7) is 0. The van der Waals surface area contributed by atoms with E-state index in [-0.39, 0.29) is 18.0 Å². The Labute approximate surface area is 120 Å². The lowest BCUT2D eigenvalue weighted by molar-refractivity contribution is 0.562. The summed E-state index contributed by atoms with van der Waals surface area (Å²) in [5.41, 5.74) is 2.67. The number of hydrogen-bond donors (Lipinski definition) is 1. The molecule has 0 saturated heterocycles. The molecule has 0 aromatic heterocycles. The van der Waals surface area contributed by atoms with Crippen LogP contribution in [0.5, 0.6) is 0 Å². The molecule has 0 spiro atoms. The Kier molecular flexibility index (Phi) is 5.44. The van der Waals surface area contributed by atoms with Gasteiger partial charge in [-0.25, -0.2) is 8.60 Å². The van der Waals surface area contributed by atoms with E-state index in [1.165, 1.54) is 11.6 Å². The van der Waals surface area contributed by atoms with Crippen LogP contribution >= 0.6 is 0 Å². The minimum Gasteiger partial charge on any atom is -0.306 e. The summed E-state index contributed by atoms with van der Waals surface area (Å²) in [4.78, 5) is 0. The molecule has 1 atom stereocenters. The molecule has 2 aromatic carbocycles. The molecule has 0 bridgehead atoms. The fourth-order valence-electron chi connectivity index (χ4n) is 2.08. The highest BCUT2D eigenvalue weighted by Crippen LogP contribution is 2.14. The Bertz CT molecular complexity index is 584. The van der Waals surface area contributed by atoms with E-state index in [4.69, 9.17) is 4.55 Å². The third-order valence-corrected chi connectivity index (χ3v) is 3.76. The molecule has 1 unspecified atom stereocenters. The molecule has 0 aliphatic rings. The predicted molar refractivity (Wildman–Crippen MR) is 79.6 cm³/mol. The number of halogens is 1. The Balaban J connectivity index is 1.96. The SMILES string of the molecule is O=S(O)CCc1ccc(CCc2ccccc2)cc1F. The van der Waals surface area contributed by atoms with Crippen LogP contribution in [0.4, 0.5) is 4.39 Å². The number of aryl methyl sites for hydroxylation is 3. The first-order valence-electron chi connectivity index (χ1n) is 6.54. The first kappa shape index (κ1) is 14.9. The molecule has 20 heavy (non-hydrogen) atoms. The van der Waals surface area contributed by atoms with E-state index in [2.05, 4.69) is 12.1 Å². The van der Waals surface area contributed by atoms with Crippen LogP contribution in [0.15, 0.2) is 48.5 Å². The van der Waals surface area contributed by atoms with E-state index in [9.17, 15) is 8.60 Å². The zero-order valence-electron chi connectivity index (χ0n) is 11.1. The van der Waals surface area contributed by atoms with Gasteiger partial charge in [0.2, 0.25) is 0 Å². The minimum absolute atomic E-state index is 0.0697. The van der Waals surface area contributed by atoms with Crippen molar-refractivity contribution in [2.45, 2.75) is 19.3 Å². The fraction of sp³-hybridized carbons (Fsp3) is 0.250. The second-order valence-corrected chi connectivity index (χ2v) is 5.74. The lowest BCUT2D eigenvalue weighted by Gasteiger charge is -2.06. The maximum Gasteiger partial charge on any atom is 0.153 e. The summed E-state index contributed by atoms with van der Waals surface area (Å²) >= 11 is -1.87. The summed E-state index contributed by atoms with van der Waals surface area (Å²) in [6, 6.07) is 15.2. The second kappa shape index (κ2) is 7.31. The molecule has 0 aliphatic heterocycles. The zero-order valence-corrected chi connectivity index (χ0v) is 11.9. The van der Waals surface area contributed by atoms with Gasteiger partial charge < -0.3 is 4.55 Å². The van der Waals surface area contributed by atoms with Crippen molar-refractivity contribution >= 4 is 11.1 Å². The first-order valence-corrected chi connectivity index (χ1v) is 7.81. The van der Waals surface area contributed by atoms with E-state index in [1.54, 1.807) is 6.07 Å². The Morgan fingerprint density at radius 3 is 2.30 bits per heavy atom. The van der Waals surface area contributed by atoms with Crippen LogP contribution in [0.2, 0.25) is 0 Å². The Morgan fingerprint density at radius 1 is 0.950 bits per heavy atom. The standard InChI is InChI=1S/C16H17FO2S/c17-16-12-14(7-6-13-4-2-1-3-5-13)8-9-15(16)10-11-20(18)19/h1-5,8-9,12H,6-7,10-11H2,(H,18,19). The van der Waals surface area contributed by atoms with E-state index in [0.29, 0.717) is 5.56 Å². The van der Waals surface area contributed by atoms with Gasteiger partial charge in [-0.1, -0.05) is 42.5 Å². The molecule has 0 saturated carbocycles. The van der Waals surface area contributed by atoms with Crippen molar-refractivity contribution in [2.24, 2.45) is 0 Å². The quantitative estimate of drug-likeness (QED) is 0.829. The van der Waals surface area contributed by atoms with Crippen LogP contribution in [0.25, 0.3) is 0 Å². The van der Waals surface area contributed by atoms with Crippen molar-refractivity contribution in [1.82, 2.24) is 0 Å². The van der Waals surface area contributed by atoms with Gasteiger partial charge in [-0.2, -0.15) is 0 Å². The molecule has 106 valence electrons. The second-order valence-electron chi connectivity index (χ2n) is 4.69. The summed E-state index contributed by atoms with van der Waals surface area (Å²) in [5, 5.41) is 0. The van der Waals surface area contributed by atoms with Crippen molar-refractivity contribution < 1.29 is 13.2 Å². The van der Waals surface area contributed by atoms with Crippen molar-refractivity contribution in [2.75, 3.05) is 5.75 Å². The van der Waals surface area contributed by atoms with Gasteiger partial charge in [0.05, 0.1) is 5.75 Å². The molecular weight excluding hydrogens is 275 g/mol. The smallest absolute Gasteiger partial charge is 0.153 e. The lowest BCUT2D eigenvalue weighted by atomic mass is 10.0.